The van der Waals surface area contributed by atoms with E-state index in [0.717, 1.165) is 12.5 Å². The summed E-state index contributed by atoms with van der Waals surface area (Å²) in [7, 11) is 0. The van der Waals surface area contributed by atoms with Crippen LogP contribution in [0.2, 0.25) is 0 Å². The molecular weight excluding hydrogens is 272 g/mol. The summed E-state index contributed by atoms with van der Waals surface area (Å²) in [5.74, 6) is -2.23. The summed E-state index contributed by atoms with van der Waals surface area (Å²) in [4.78, 5) is 13.9. The van der Waals surface area contributed by atoms with E-state index in [1.165, 1.54) is 17.7 Å². The number of rotatable bonds is 2. The summed E-state index contributed by atoms with van der Waals surface area (Å²) in [6, 6.07) is 13.6. The Kier molecular flexibility index (Phi) is 3.69. The number of halogens is 2. The van der Waals surface area contributed by atoms with Gasteiger partial charge in [-0.1, -0.05) is 36.4 Å². The summed E-state index contributed by atoms with van der Waals surface area (Å²) in [6.07, 6.45) is 0.840. The smallest absolute Gasteiger partial charge is 0.256 e. The molecule has 1 saturated heterocycles. The van der Waals surface area contributed by atoms with E-state index in [4.69, 9.17) is 0 Å². The van der Waals surface area contributed by atoms with E-state index >= 15 is 0 Å². The first-order valence-corrected chi connectivity index (χ1v) is 6.95. The van der Waals surface area contributed by atoms with Crippen LogP contribution in [0.25, 0.3) is 0 Å². The Morgan fingerprint density at radius 2 is 1.81 bits per heavy atom. The zero-order valence-electron chi connectivity index (χ0n) is 11.4. The van der Waals surface area contributed by atoms with Crippen LogP contribution in [0.15, 0.2) is 48.5 Å². The third-order valence-corrected chi connectivity index (χ3v) is 3.93. The number of benzene rings is 2. The third kappa shape index (κ3) is 2.66. The van der Waals surface area contributed by atoms with Crippen molar-refractivity contribution in [2.24, 2.45) is 0 Å². The molecule has 0 radical (unpaired) electrons. The van der Waals surface area contributed by atoms with Crippen molar-refractivity contribution in [1.82, 2.24) is 4.90 Å². The second-order valence-corrected chi connectivity index (χ2v) is 5.25. The SMILES string of the molecule is O=C(c1cccc(F)c1F)N1CCC(c2ccccc2)C1. The minimum atomic E-state index is -1.06. The third-order valence-electron chi connectivity index (χ3n) is 3.93. The molecule has 0 aromatic heterocycles. The van der Waals surface area contributed by atoms with Gasteiger partial charge in [-0.3, -0.25) is 4.79 Å². The first-order chi connectivity index (χ1) is 10.2. The van der Waals surface area contributed by atoms with Gasteiger partial charge in [0.25, 0.3) is 5.91 Å². The second kappa shape index (κ2) is 5.64. The highest BCUT2D eigenvalue weighted by Crippen LogP contribution is 2.28. The van der Waals surface area contributed by atoms with E-state index in [-0.39, 0.29) is 11.5 Å². The largest absolute Gasteiger partial charge is 0.338 e. The van der Waals surface area contributed by atoms with Gasteiger partial charge in [-0.2, -0.15) is 0 Å². The molecule has 2 nitrogen and oxygen atoms in total. The Morgan fingerprint density at radius 1 is 1.05 bits per heavy atom. The lowest BCUT2D eigenvalue weighted by molar-refractivity contribution is 0.0785. The quantitative estimate of drug-likeness (QED) is 0.826. The van der Waals surface area contributed by atoms with Crippen LogP contribution in [-0.4, -0.2) is 23.9 Å². The number of nitrogens with zero attached hydrogens (tertiary/aromatic N) is 1. The number of carbonyl (C=O) groups excluding carboxylic acids is 1. The number of hydrogen-bond donors (Lipinski definition) is 0. The van der Waals surface area contributed by atoms with Crippen molar-refractivity contribution in [1.29, 1.82) is 0 Å². The van der Waals surface area contributed by atoms with Crippen molar-refractivity contribution >= 4 is 5.91 Å². The predicted octanol–water partition coefficient (Wildman–Crippen LogP) is 3.59. The number of hydrogen-bond acceptors (Lipinski definition) is 1. The summed E-state index contributed by atoms with van der Waals surface area (Å²) in [6.45, 7) is 1.10. The van der Waals surface area contributed by atoms with Crippen LogP contribution in [0.4, 0.5) is 8.78 Å². The van der Waals surface area contributed by atoms with E-state index in [9.17, 15) is 13.6 Å². The zero-order valence-corrected chi connectivity index (χ0v) is 11.4. The van der Waals surface area contributed by atoms with Crippen molar-refractivity contribution in [2.75, 3.05) is 13.1 Å². The van der Waals surface area contributed by atoms with Crippen molar-refractivity contribution in [3.8, 4) is 0 Å². The molecule has 108 valence electrons. The predicted molar refractivity (Wildman–Crippen MR) is 76.1 cm³/mol. The molecule has 2 aromatic carbocycles. The highest BCUT2D eigenvalue weighted by atomic mass is 19.2. The normalized spacial score (nSPS) is 18.0. The fourth-order valence-electron chi connectivity index (χ4n) is 2.78. The van der Waals surface area contributed by atoms with Gasteiger partial charge in [-0.15, -0.1) is 0 Å². The van der Waals surface area contributed by atoms with Crippen LogP contribution < -0.4 is 0 Å². The molecule has 0 bridgehead atoms. The van der Waals surface area contributed by atoms with E-state index in [1.807, 2.05) is 30.3 Å². The van der Waals surface area contributed by atoms with Gasteiger partial charge in [0.15, 0.2) is 11.6 Å². The molecule has 1 heterocycles. The van der Waals surface area contributed by atoms with E-state index in [0.29, 0.717) is 13.1 Å². The van der Waals surface area contributed by atoms with Crippen LogP contribution in [0.5, 0.6) is 0 Å². The molecule has 1 aliphatic rings. The molecule has 0 saturated carbocycles. The Bertz CT molecular complexity index is 657. The van der Waals surface area contributed by atoms with Gasteiger partial charge in [0.05, 0.1) is 5.56 Å². The second-order valence-electron chi connectivity index (χ2n) is 5.25. The van der Waals surface area contributed by atoms with Crippen LogP contribution >= 0.6 is 0 Å². The Balaban J connectivity index is 1.77. The number of likely N-dealkylation sites (tertiary alicyclic amines) is 1. The molecule has 1 amide bonds. The highest BCUT2D eigenvalue weighted by Gasteiger charge is 2.29. The molecule has 1 atom stereocenters. The molecule has 1 fully saturated rings. The lowest BCUT2D eigenvalue weighted by atomic mass is 9.99. The van der Waals surface area contributed by atoms with Gasteiger partial charge in [0.2, 0.25) is 0 Å². The van der Waals surface area contributed by atoms with E-state index < -0.39 is 17.5 Å². The summed E-state index contributed by atoms with van der Waals surface area (Å²) < 4.78 is 26.9. The molecule has 0 aliphatic carbocycles. The lowest BCUT2D eigenvalue weighted by Gasteiger charge is -2.17. The molecule has 3 rings (SSSR count). The topological polar surface area (TPSA) is 20.3 Å². The van der Waals surface area contributed by atoms with Crippen LogP contribution in [0, 0.1) is 11.6 Å². The van der Waals surface area contributed by atoms with Gasteiger partial charge >= 0.3 is 0 Å². The molecule has 4 heteroatoms. The van der Waals surface area contributed by atoms with E-state index in [1.54, 1.807) is 4.90 Å². The summed E-state index contributed by atoms with van der Waals surface area (Å²) in [5.41, 5.74) is 0.983. The summed E-state index contributed by atoms with van der Waals surface area (Å²) >= 11 is 0. The lowest BCUT2D eigenvalue weighted by Crippen LogP contribution is -2.29. The van der Waals surface area contributed by atoms with Crippen LogP contribution in [0.1, 0.15) is 28.3 Å². The first kappa shape index (κ1) is 13.7. The molecule has 1 aliphatic heterocycles. The van der Waals surface area contributed by atoms with Gasteiger partial charge in [0, 0.05) is 19.0 Å². The van der Waals surface area contributed by atoms with Crippen LogP contribution in [-0.2, 0) is 0 Å². The zero-order chi connectivity index (χ0) is 14.8. The van der Waals surface area contributed by atoms with Crippen molar-refractivity contribution in [2.45, 2.75) is 12.3 Å². The molecule has 0 N–H and O–H groups in total. The number of carbonyl (C=O) groups is 1. The molecular formula is C17H15F2NO. The monoisotopic (exact) mass is 287 g/mol. The van der Waals surface area contributed by atoms with Gasteiger partial charge in [-0.25, -0.2) is 8.78 Å². The van der Waals surface area contributed by atoms with Gasteiger partial charge in [0.1, 0.15) is 0 Å². The maximum atomic E-state index is 13.7. The fourth-order valence-corrected chi connectivity index (χ4v) is 2.78. The summed E-state index contributed by atoms with van der Waals surface area (Å²) in [5, 5.41) is 0. The van der Waals surface area contributed by atoms with E-state index in [2.05, 4.69) is 0 Å². The Labute approximate surface area is 122 Å². The molecule has 2 aromatic rings. The Hall–Kier alpha value is -2.23. The average molecular weight is 287 g/mol. The molecule has 21 heavy (non-hydrogen) atoms. The van der Waals surface area contributed by atoms with Gasteiger partial charge < -0.3 is 4.90 Å². The minimum Gasteiger partial charge on any atom is -0.338 e. The highest BCUT2D eigenvalue weighted by molar-refractivity contribution is 5.94. The molecule has 0 spiro atoms. The standard InChI is InChI=1S/C17H15F2NO/c18-15-8-4-7-14(16(15)19)17(21)20-10-9-13(11-20)12-5-2-1-3-6-12/h1-8,13H,9-11H2. The first-order valence-electron chi connectivity index (χ1n) is 6.95. The van der Waals surface area contributed by atoms with Crippen molar-refractivity contribution in [3.05, 3.63) is 71.3 Å². The minimum absolute atomic E-state index is 0.191. The Morgan fingerprint density at radius 3 is 2.57 bits per heavy atom. The maximum Gasteiger partial charge on any atom is 0.256 e. The maximum absolute atomic E-state index is 13.7. The average Bonchev–Trinajstić information content (AvgIpc) is 3.00. The molecule has 1 unspecified atom stereocenters. The van der Waals surface area contributed by atoms with Gasteiger partial charge in [-0.05, 0) is 24.1 Å². The van der Waals surface area contributed by atoms with Crippen molar-refractivity contribution < 1.29 is 13.6 Å². The fraction of sp³-hybridized carbons (Fsp3) is 0.235. The van der Waals surface area contributed by atoms with Crippen molar-refractivity contribution in [3.63, 3.8) is 0 Å². The number of amides is 1. The van der Waals surface area contributed by atoms with Crippen LogP contribution in [0.3, 0.4) is 0 Å².